The lowest BCUT2D eigenvalue weighted by molar-refractivity contribution is 0.0902. The summed E-state index contributed by atoms with van der Waals surface area (Å²) in [5.74, 6) is 0. The second kappa shape index (κ2) is 5.57. The average Bonchev–Trinajstić information content (AvgIpc) is 2.82. The third kappa shape index (κ3) is 3.23. The summed E-state index contributed by atoms with van der Waals surface area (Å²) < 4.78 is 32.3. The first kappa shape index (κ1) is 13.8. The van der Waals surface area contributed by atoms with Crippen molar-refractivity contribution in [2.24, 2.45) is 0 Å². The molecule has 6 heteroatoms. The first-order valence-corrected chi connectivity index (χ1v) is 7.75. The summed E-state index contributed by atoms with van der Waals surface area (Å²) in [6.45, 7) is 2.53. The number of hydrogen-bond acceptors (Lipinski definition) is 3. The van der Waals surface area contributed by atoms with E-state index in [-0.39, 0.29) is 17.0 Å². The Bertz CT molecular complexity index is 495. The molecule has 0 aliphatic carbocycles. The Kier molecular flexibility index (Phi) is 4.27. The Morgan fingerprint density at radius 1 is 1.39 bits per heavy atom. The minimum atomic E-state index is -3.50. The Morgan fingerprint density at radius 2 is 2.06 bits per heavy atom. The summed E-state index contributed by atoms with van der Waals surface area (Å²) >= 11 is 5.74. The topological polar surface area (TPSA) is 55.4 Å². The molecule has 0 aromatic heterocycles. The van der Waals surface area contributed by atoms with Gasteiger partial charge in [-0.25, -0.2) is 13.1 Å². The molecule has 100 valence electrons. The molecule has 0 amide bonds. The summed E-state index contributed by atoms with van der Waals surface area (Å²) in [5.41, 5.74) is 0. The fourth-order valence-corrected chi connectivity index (χ4v) is 3.40. The largest absolute Gasteiger partial charge is 0.377 e. The fourth-order valence-electron chi connectivity index (χ4n) is 2.00. The highest BCUT2D eigenvalue weighted by Crippen LogP contribution is 2.18. The van der Waals surface area contributed by atoms with E-state index in [4.69, 9.17) is 16.3 Å². The fraction of sp³-hybridized carbons (Fsp3) is 0.500. The standard InChI is InChI=1S/C12H16ClNO3S/c1-9(12-3-2-8-17-12)14-18(15,16)11-6-4-10(13)5-7-11/h4-7,9,12,14H,2-3,8H2,1H3/t9-,12-/m0/s1. The van der Waals surface area contributed by atoms with Crippen molar-refractivity contribution in [3.63, 3.8) is 0 Å². The molecule has 0 bridgehead atoms. The first-order valence-electron chi connectivity index (χ1n) is 5.88. The van der Waals surface area contributed by atoms with Gasteiger partial charge in [-0.05, 0) is 44.0 Å². The molecule has 0 unspecified atom stereocenters. The molecule has 1 aliphatic rings. The van der Waals surface area contributed by atoms with Crippen LogP contribution in [0, 0.1) is 0 Å². The predicted octanol–water partition coefficient (Wildman–Crippen LogP) is 2.19. The van der Waals surface area contributed by atoms with E-state index in [1.165, 1.54) is 12.1 Å². The van der Waals surface area contributed by atoms with Gasteiger partial charge in [0.2, 0.25) is 10.0 Å². The van der Waals surface area contributed by atoms with E-state index in [2.05, 4.69) is 4.72 Å². The zero-order valence-electron chi connectivity index (χ0n) is 10.1. The summed E-state index contributed by atoms with van der Waals surface area (Å²) in [7, 11) is -3.50. The molecule has 1 aromatic carbocycles. The van der Waals surface area contributed by atoms with Crippen LogP contribution in [0.15, 0.2) is 29.2 Å². The van der Waals surface area contributed by atoms with E-state index in [9.17, 15) is 8.42 Å². The van der Waals surface area contributed by atoms with Crippen LogP contribution in [-0.4, -0.2) is 27.2 Å². The quantitative estimate of drug-likeness (QED) is 0.924. The number of ether oxygens (including phenoxy) is 1. The van der Waals surface area contributed by atoms with E-state index < -0.39 is 10.0 Å². The van der Waals surface area contributed by atoms with Crippen molar-refractivity contribution in [3.8, 4) is 0 Å². The van der Waals surface area contributed by atoms with E-state index >= 15 is 0 Å². The lowest BCUT2D eigenvalue weighted by Crippen LogP contribution is -2.40. The van der Waals surface area contributed by atoms with Crippen molar-refractivity contribution in [2.45, 2.75) is 36.8 Å². The van der Waals surface area contributed by atoms with E-state index in [1.54, 1.807) is 12.1 Å². The third-order valence-electron chi connectivity index (χ3n) is 2.99. The van der Waals surface area contributed by atoms with Crippen molar-refractivity contribution >= 4 is 21.6 Å². The van der Waals surface area contributed by atoms with Crippen LogP contribution in [0.4, 0.5) is 0 Å². The number of nitrogens with one attached hydrogen (secondary N) is 1. The minimum Gasteiger partial charge on any atom is -0.377 e. The first-order chi connectivity index (χ1) is 8.49. The lowest BCUT2D eigenvalue weighted by Gasteiger charge is -2.19. The Hall–Kier alpha value is -0.620. The van der Waals surface area contributed by atoms with Crippen molar-refractivity contribution < 1.29 is 13.2 Å². The maximum Gasteiger partial charge on any atom is 0.240 e. The maximum absolute atomic E-state index is 12.1. The predicted molar refractivity (Wildman–Crippen MR) is 70.2 cm³/mol. The minimum absolute atomic E-state index is 0.0351. The summed E-state index contributed by atoms with van der Waals surface area (Å²) in [4.78, 5) is 0.219. The van der Waals surface area contributed by atoms with Crippen LogP contribution in [0.2, 0.25) is 5.02 Å². The van der Waals surface area contributed by atoms with Crippen molar-refractivity contribution in [1.82, 2.24) is 4.72 Å². The Morgan fingerprint density at radius 3 is 2.61 bits per heavy atom. The molecule has 4 nitrogen and oxygen atoms in total. The van der Waals surface area contributed by atoms with Gasteiger partial charge in [0.25, 0.3) is 0 Å². The molecule has 0 spiro atoms. The molecular formula is C12H16ClNO3S. The molecule has 1 fully saturated rings. The average molecular weight is 290 g/mol. The van der Waals surface area contributed by atoms with E-state index in [0.717, 1.165) is 12.8 Å². The van der Waals surface area contributed by atoms with Gasteiger partial charge >= 0.3 is 0 Å². The SMILES string of the molecule is C[C@H](NS(=O)(=O)c1ccc(Cl)cc1)[C@@H]1CCCO1. The van der Waals surface area contributed by atoms with Crippen LogP contribution >= 0.6 is 11.6 Å². The molecule has 1 N–H and O–H groups in total. The van der Waals surface area contributed by atoms with Crippen molar-refractivity contribution in [1.29, 1.82) is 0 Å². The molecular weight excluding hydrogens is 274 g/mol. The zero-order valence-corrected chi connectivity index (χ0v) is 11.7. The molecule has 2 atom stereocenters. The van der Waals surface area contributed by atoms with Crippen molar-refractivity contribution in [2.75, 3.05) is 6.61 Å². The van der Waals surface area contributed by atoms with E-state index in [1.807, 2.05) is 6.92 Å². The van der Waals surface area contributed by atoms with Crippen LogP contribution in [-0.2, 0) is 14.8 Å². The number of hydrogen-bond donors (Lipinski definition) is 1. The van der Waals surface area contributed by atoms with Gasteiger partial charge < -0.3 is 4.74 Å². The second-order valence-corrected chi connectivity index (χ2v) is 6.57. The highest BCUT2D eigenvalue weighted by molar-refractivity contribution is 7.89. The van der Waals surface area contributed by atoms with Crippen LogP contribution < -0.4 is 4.72 Å². The van der Waals surface area contributed by atoms with Crippen molar-refractivity contribution in [3.05, 3.63) is 29.3 Å². The second-order valence-electron chi connectivity index (χ2n) is 4.42. The van der Waals surface area contributed by atoms with Gasteiger partial charge in [-0.1, -0.05) is 11.6 Å². The number of rotatable bonds is 4. The maximum atomic E-state index is 12.1. The monoisotopic (exact) mass is 289 g/mol. The highest BCUT2D eigenvalue weighted by Gasteiger charge is 2.26. The van der Waals surface area contributed by atoms with Gasteiger partial charge in [0, 0.05) is 17.7 Å². The zero-order chi connectivity index (χ0) is 13.2. The molecule has 1 aliphatic heterocycles. The molecule has 2 rings (SSSR count). The van der Waals surface area contributed by atoms with Gasteiger partial charge in [0.05, 0.1) is 11.0 Å². The normalized spacial score (nSPS) is 22.0. The van der Waals surface area contributed by atoms with Crippen LogP contribution in [0.1, 0.15) is 19.8 Å². The number of halogens is 1. The van der Waals surface area contributed by atoms with Crippen LogP contribution in [0.25, 0.3) is 0 Å². The molecule has 0 saturated carbocycles. The lowest BCUT2D eigenvalue weighted by atomic mass is 10.1. The van der Waals surface area contributed by atoms with Gasteiger partial charge in [0.1, 0.15) is 0 Å². The van der Waals surface area contributed by atoms with Gasteiger partial charge in [-0.15, -0.1) is 0 Å². The summed E-state index contributed by atoms with van der Waals surface area (Å²) in [5, 5.41) is 0.515. The number of sulfonamides is 1. The molecule has 1 saturated heterocycles. The third-order valence-corrected chi connectivity index (χ3v) is 4.81. The summed E-state index contributed by atoms with van der Waals surface area (Å²) in [6, 6.07) is 5.88. The molecule has 1 aromatic rings. The molecule has 18 heavy (non-hydrogen) atoms. The number of benzene rings is 1. The molecule has 0 radical (unpaired) electrons. The van der Waals surface area contributed by atoms with Gasteiger partial charge in [-0.3, -0.25) is 0 Å². The van der Waals surface area contributed by atoms with Crippen LogP contribution in [0.3, 0.4) is 0 Å². The van der Waals surface area contributed by atoms with E-state index in [0.29, 0.717) is 11.6 Å². The Labute approximate surface area is 112 Å². The highest BCUT2D eigenvalue weighted by atomic mass is 35.5. The Balaban J connectivity index is 2.09. The van der Waals surface area contributed by atoms with Gasteiger partial charge in [0.15, 0.2) is 0 Å². The van der Waals surface area contributed by atoms with Gasteiger partial charge in [-0.2, -0.15) is 0 Å². The summed E-state index contributed by atoms with van der Waals surface area (Å²) in [6.07, 6.45) is 1.84. The smallest absolute Gasteiger partial charge is 0.240 e. The molecule has 1 heterocycles. The van der Waals surface area contributed by atoms with Crippen LogP contribution in [0.5, 0.6) is 0 Å².